The van der Waals surface area contributed by atoms with Crippen molar-refractivity contribution in [2.45, 2.75) is 26.2 Å². The maximum atomic E-state index is 13.6. The van der Waals surface area contributed by atoms with Crippen LogP contribution >= 0.6 is 11.3 Å². The maximum absolute atomic E-state index is 13.6. The number of hydrogen-bond donors (Lipinski definition) is 1. The highest BCUT2D eigenvalue weighted by molar-refractivity contribution is 7.12. The molecular formula is C29H32N4O3S. The van der Waals surface area contributed by atoms with Gasteiger partial charge in [-0.1, -0.05) is 23.8 Å². The van der Waals surface area contributed by atoms with Gasteiger partial charge in [0.2, 0.25) is 0 Å². The predicted octanol–water partition coefficient (Wildman–Crippen LogP) is 4.90. The lowest BCUT2D eigenvalue weighted by Crippen LogP contribution is -2.49. The molecule has 0 radical (unpaired) electrons. The van der Waals surface area contributed by atoms with Gasteiger partial charge in [0.15, 0.2) is 0 Å². The number of amides is 3. The van der Waals surface area contributed by atoms with Crippen LogP contribution < -0.4 is 10.2 Å². The Labute approximate surface area is 221 Å². The molecule has 2 saturated heterocycles. The first-order valence-electron chi connectivity index (χ1n) is 12.9. The minimum Gasteiger partial charge on any atom is -0.367 e. The van der Waals surface area contributed by atoms with Crippen LogP contribution in [-0.4, -0.2) is 66.8 Å². The topological polar surface area (TPSA) is 73.0 Å². The van der Waals surface area contributed by atoms with Crippen LogP contribution in [0, 0.1) is 6.92 Å². The van der Waals surface area contributed by atoms with Gasteiger partial charge >= 0.3 is 0 Å². The molecule has 192 valence electrons. The predicted molar refractivity (Wildman–Crippen MR) is 148 cm³/mol. The van der Waals surface area contributed by atoms with Gasteiger partial charge in [-0.15, -0.1) is 11.3 Å². The molecule has 0 bridgehead atoms. The number of piperazine rings is 1. The van der Waals surface area contributed by atoms with Crippen LogP contribution in [-0.2, 0) is 0 Å². The molecule has 2 aromatic carbocycles. The zero-order valence-electron chi connectivity index (χ0n) is 21.1. The van der Waals surface area contributed by atoms with Gasteiger partial charge in [0.1, 0.15) is 0 Å². The van der Waals surface area contributed by atoms with E-state index in [-0.39, 0.29) is 17.7 Å². The van der Waals surface area contributed by atoms with Crippen molar-refractivity contribution in [2.24, 2.45) is 0 Å². The number of aryl methyl sites for hydroxylation is 1. The Morgan fingerprint density at radius 3 is 2.16 bits per heavy atom. The summed E-state index contributed by atoms with van der Waals surface area (Å²) < 4.78 is 0. The standard InChI is InChI=1S/C29H32N4O3S/c1-21-7-9-22(10-8-21)28(35)33-17-15-31(16-18-33)25-12-11-23(30-27(34)26-6-5-19-37-26)20-24(25)29(36)32-13-3-2-4-14-32/h5-12,19-20H,2-4,13-18H2,1H3,(H,30,34). The van der Waals surface area contributed by atoms with E-state index in [0.717, 1.165) is 43.6 Å². The molecule has 0 spiro atoms. The highest BCUT2D eigenvalue weighted by Gasteiger charge is 2.27. The highest BCUT2D eigenvalue weighted by Crippen LogP contribution is 2.29. The van der Waals surface area contributed by atoms with Gasteiger partial charge in [-0.3, -0.25) is 14.4 Å². The Kier molecular flexibility index (Phi) is 7.55. The lowest BCUT2D eigenvalue weighted by molar-refractivity contribution is 0.0718. The summed E-state index contributed by atoms with van der Waals surface area (Å²) in [6.07, 6.45) is 3.16. The molecule has 2 aliphatic heterocycles. The largest absolute Gasteiger partial charge is 0.367 e. The van der Waals surface area contributed by atoms with E-state index in [1.54, 1.807) is 6.07 Å². The minimum absolute atomic E-state index is 0.0000777. The number of piperidine rings is 1. The molecule has 8 heteroatoms. The van der Waals surface area contributed by atoms with Crippen molar-refractivity contribution in [3.63, 3.8) is 0 Å². The molecule has 3 heterocycles. The molecule has 3 aromatic rings. The SMILES string of the molecule is Cc1ccc(C(=O)N2CCN(c3ccc(NC(=O)c4cccs4)cc3C(=O)N3CCCCC3)CC2)cc1. The third-order valence-corrected chi connectivity index (χ3v) is 7.95. The van der Waals surface area contributed by atoms with Crippen molar-refractivity contribution in [3.8, 4) is 0 Å². The Balaban J connectivity index is 1.34. The van der Waals surface area contributed by atoms with Gasteiger partial charge in [0, 0.05) is 56.2 Å². The van der Waals surface area contributed by atoms with Crippen molar-refractivity contribution in [1.29, 1.82) is 0 Å². The zero-order valence-corrected chi connectivity index (χ0v) is 21.9. The van der Waals surface area contributed by atoms with Crippen LogP contribution in [0.15, 0.2) is 60.0 Å². The number of hydrogen-bond acceptors (Lipinski definition) is 5. The average molecular weight is 517 g/mol. The summed E-state index contributed by atoms with van der Waals surface area (Å²) in [4.78, 5) is 45.9. The molecule has 0 unspecified atom stereocenters. The summed E-state index contributed by atoms with van der Waals surface area (Å²) in [6, 6.07) is 16.9. The van der Waals surface area contributed by atoms with Crippen molar-refractivity contribution in [2.75, 3.05) is 49.5 Å². The Morgan fingerprint density at radius 1 is 0.784 bits per heavy atom. The van der Waals surface area contributed by atoms with Gasteiger partial charge in [-0.05, 0) is 68.0 Å². The summed E-state index contributed by atoms with van der Waals surface area (Å²) in [6.45, 7) is 5.96. The van der Waals surface area contributed by atoms with E-state index in [4.69, 9.17) is 0 Å². The van der Waals surface area contributed by atoms with Crippen molar-refractivity contribution in [3.05, 3.63) is 81.5 Å². The van der Waals surface area contributed by atoms with E-state index >= 15 is 0 Å². The van der Waals surface area contributed by atoms with Crippen LogP contribution in [0.5, 0.6) is 0 Å². The first-order chi connectivity index (χ1) is 18.0. The van der Waals surface area contributed by atoms with Crippen LogP contribution in [0.1, 0.15) is 55.2 Å². The molecule has 0 aliphatic carbocycles. The normalized spacial score (nSPS) is 16.0. The van der Waals surface area contributed by atoms with E-state index in [9.17, 15) is 14.4 Å². The Bertz CT molecular complexity index is 1260. The molecule has 0 atom stereocenters. The first kappa shape index (κ1) is 25.0. The fraction of sp³-hybridized carbons (Fsp3) is 0.345. The second-order valence-corrected chi connectivity index (χ2v) is 10.6. The quantitative estimate of drug-likeness (QED) is 0.524. The number of nitrogens with zero attached hydrogens (tertiary/aromatic N) is 3. The molecule has 1 aromatic heterocycles. The molecule has 1 N–H and O–H groups in total. The van der Waals surface area contributed by atoms with Crippen molar-refractivity contribution >= 4 is 40.4 Å². The van der Waals surface area contributed by atoms with Gasteiger partial charge in [-0.25, -0.2) is 0 Å². The smallest absolute Gasteiger partial charge is 0.265 e. The molecule has 5 rings (SSSR count). The summed E-state index contributed by atoms with van der Waals surface area (Å²) in [5, 5.41) is 4.81. The summed E-state index contributed by atoms with van der Waals surface area (Å²) >= 11 is 1.38. The van der Waals surface area contributed by atoms with E-state index in [2.05, 4.69) is 10.2 Å². The highest BCUT2D eigenvalue weighted by atomic mass is 32.1. The number of rotatable bonds is 5. The number of benzene rings is 2. The third-order valence-electron chi connectivity index (χ3n) is 7.08. The fourth-order valence-electron chi connectivity index (χ4n) is 4.96. The Morgan fingerprint density at radius 2 is 1.49 bits per heavy atom. The fourth-order valence-corrected chi connectivity index (χ4v) is 5.58. The number of carbonyl (C=O) groups excluding carboxylic acids is 3. The number of likely N-dealkylation sites (tertiary alicyclic amines) is 1. The third kappa shape index (κ3) is 5.69. The average Bonchev–Trinajstić information content (AvgIpc) is 3.49. The molecule has 2 aliphatic rings. The molecule has 0 saturated carbocycles. The van der Waals surface area contributed by atoms with E-state index in [1.807, 2.05) is 70.6 Å². The van der Waals surface area contributed by atoms with E-state index in [1.165, 1.54) is 11.3 Å². The minimum atomic E-state index is -0.178. The van der Waals surface area contributed by atoms with Gasteiger partial charge in [-0.2, -0.15) is 0 Å². The lowest BCUT2D eigenvalue weighted by atomic mass is 10.0. The molecule has 37 heavy (non-hydrogen) atoms. The summed E-state index contributed by atoms with van der Waals surface area (Å²) in [5.74, 6) is -0.140. The lowest BCUT2D eigenvalue weighted by Gasteiger charge is -2.37. The first-order valence-corrected chi connectivity index (χ1v) is 13.8. The van der Waals surface area contributed by atoms with Gasteiger partial charge < -0.3 is 20.0 Å². The van der Waals surface area contributed by atoms with E-state index < -0.39 is 0 Å². The van der Waals surface area contributed by atoms with Gasteiger partial charge in [0.25, 0.3) is 17.7 Å². The van der Waals surface area contributed by atoms with Gasteiger partial charge in [0.05, 0.1) is 10.4 Å². The maximum Gasteiger partial charge on any atom is 0.265 e. The molecule has 3 amide bonds. The number of carbonyl (C=O) groups is 3. The van der Waals surface area contributed by atoms with Crippen molar-refractivity contribution in [1.82, 2.24) is 9.80 Å². The number of thiophene rings is 1. The number of nitrogens with one attached hydrogen (secondary N) is 1. The van der Waals surface area contributed by atoms with Crippen LogP contribution in [0.4, 0.5) is 11.4 Å². The molecule has 7 nitrogen and oxygen atoms in total. The summed E-state index contributed by atoms with van der Waals surface area (Å²) in [7, 11) is 0. The monoisotopic (exact) mass is 516 g/mol. The second-order valence-electron chi connectivity index (χ2n) is 9.66. The number of anilines is 2. The van der Waals surface area contributed by atoms with Crippen molar-refractivity contribution < 1.29 is 14.4 Å². The zero-order chi connectivity index (χ0) is 25.8. The van der Waals surface area contributed by atoms with Crippen LogP contribution in [0.3, 0.4) is 0 Å². The Hall–Kier alpha value is -3.65. The molecule has 2 fully saturated rings. The van der Waals surface area contributed by atoms with Crippen LogP contribution in [0.2, 0.25) is 0 Å². The second kappa shape index (κ2) is 11.2. The molecular weight excluding hydrogens is 484 g/mol. The summed E-state index contributed by atoms with van der Waals surface area (Å²) in [5.41, 5.74) is 3.89. The van der Waals surface area contributed by atoms with E-state index in [0.29, 0.717) is 47.9 Å². The van der Waals surface area contributed by atoms with Crippen LogP contribution in [0.25, 0.3) is 0 Å².